The summed E-state index contributed by atoms with van der Waals surface area (Å²) < 4.78 is 10.3. The molecule has 7 heteroatoms. The molecule has 2 aromatic rings. The van der Waals surface area contributed by atoms with Crippen molar-refractivity contribution in [3.63, 3.8) is 0 Å². The van der Waals surface area contributed by atoms with Crippen LogP contribution in [0.2, 0.25) is 5.02 Å². The zero-order valence-electron chi connectivity index (χ0n) is 14.2. The molecule has 1 N–H and O–H groups in total. The van der Waals surface area contributed by atoms with Crippen LogP contribution in [0.25, 0.3) is 0 Å². The Balaban J connectivity index is 2.07. The van der Waals surface area contributed by atoms with E-state index in [1.54, 1.807) is 42.5 Å². The predicted octanol–water partition coefficient (Wildman–Crippen LogP) is 3.07. The van der Waals surface area contributed by atoms with Crippen LogP contribution in [0.3, 0.4) is 0 Å². The van der Waals surface area contributed by atoms with Gasteiger partial charge in [0.15, 0.2) is 0 Å². The Morgan fingerprint density at radius 3 is 2.48 bits per heavy atom. The summed E-state index contributed by atoms with van der Waals surface area (Å²) >= 11 is 6.01. The Labute approximate surface area is 151 Å². The molecular formula is C18H19ClN2O4. The van der Waals surface area contributed by atoms with Gasteiger partial charge in [0.2, 0.25) is 5.91 Å². The zero-order valence-corrected chi connectivity index (χ0v) is 15.0. The van der Waals surface area contributed by atoms with Gasteiger partial charge in [-0.15, -0.1) is 0 Å². The molecule has 25 heavy (non-hydrogen) atoms. The summed E-state index contributed by atoms with van der Waals surface area (Å²) in [5.41, 5.74) is 0.841. The number of methoxy groups -OCH3 is 2. The number of nitrogens with one attached hydrogen (secondary N) is 1. The van der Waals surface area contributed by atoms with Crippen LogP contribution in [0.4, 0.5) is 5.69 Å². The molecule has 2 aromatic carbocycles. The van der Waals surface area contributed by atoms with Crippen LogP contribution < -0.4 is 14.8 Å². The Bertz CT molecular complexity index is 779. The van der Waals surface area contributed by atoms with Crippen molar-refractivity contribution in [2.75, 3.05) is 33.1 Å². The lowest BCUT2D eigenvalue weighted by Gasteiger charge is -2.19. The molecule has 0 unspecified atom stereocenters. The molecule has 2 amide bonds. The number of ether oxygens (including phenoxy) is 2. The minimum Gasteiger partial charge on any atom is -0.497 e. The van der Waals surface area contributed by atoms with Crippen molar-refractivity contribution in [3.8, 4) is 11.5 Å². The lowest BCUT2D eigenvalue weighted by atomic mass is 10.1. The predicted molar refractivity (Wildman–Crippen MR) is 96.6 cm³/mol. The monoisotopic (exact) mass is 362 g/mol. The highest BCUT2D eigenvalue weighted by Gasteiger charge is 2.19. The third-order valence-corrected chi connectivity index (χ3v) is 3.84. The fraction of sp³-hybridized carbons (Fsp3) is 0.222. The summed E-state index contributed by atoms with van der Waals surface area (Å²) in [5.74, 6) is 0.264. The molecule has 6 nitrogen and oxygen atoms in total. The van der Waals surface area contributed by atoms with Gasteiger partial charge in [-0.2, -0.15) is 0 Å². The molecule has 0 fully saturated rings. The molecule has 0 aliphatic rings. The first-order valence-electron chi connectivity index (χ1n) is 7.48. The van der Waals surface area contributed by atoms with E-state index >= 15 is 0 Å². The number of carbonyl (C=O) groups excluding carboxylic acids is 2. The number of anilines is 1. The van der Waals surface area contributed by atoms with Gasteiger partial charge in [-0.1, -0.05) is 23.7 Å². The smallest absolute Gasteiger partial charge is 0.257 e. The summed E-state index contributed by atoms with van der Waals surface area (Å²) in [6.07, 6.45) is 0. The molecule has 0 saturated heterocycles. The van der Waals surface area contributed by atoms with E-state index in [2.05, 4.69) is 5.32 Å². The van der Waals surface area contributed by atoms with Gasteiger partial charge in [0, 0.05) is 13.1 Å². The summed E-state index contributed by atoms with van der Waals surface area (Å²) in [7, 11) is 4.54. The third-order valence-electron chi connectivity index (χ3n) is 3.51. The maximum Gasteiger partial charge on any atom is 0.257 e. The van der Waals surface area contributed by atoms with Crippen molar-refractivity contribution in [2.45, 2.75) is 0 Å². The van der Waals surface area contributed by atoms with E-state index < -0.39 is 0 Å². The summed E-state index contributed by atoms with van der Waals surface area (Å²) in [6.45, 7) is -0.126. The van der Waals surface area contributed by atoms with Crippen LogP contribution in [-0.2, 0) is 4.79 Å². The minimum absolute atomic E-state index is 0.126. The topological polar surface area (TPSA) is 67.9 Å². The molecule has 0 spiro atoms. The minimum atomic E-state index is -0.351. The van der Waals surface area contributed by atoms with Gasteiger partial charge in [0.25, 0.3) is 5.91 Å². The Hall–Kier alpha value is -2.73. The highest BCUT2D eigenvalue weighted by Crippen LogP contribution is 2.25. The summed E-state index contributed by atoms with van der Waals surface area (Å²) in [4.78, 5) is 26.0. The number of hydrogen-bond donors (Lipinski definition) is 1. The van der Waals surface area contributed by atoms with Gasteiger partial charge in [-0.05, 0) is 24.3 Å². The van der Waals surface area contributed by atoms with E-state index in [-0.39, 0.29) is 18.4 Å². The normalized spacial score (nSPS) is 10.1. The molecule has 0 saturated carbocycles. The zero-order chi connectivity index (χ0) is 18.4. The maximum atomic E-state index is 12.6. The van der Waals surface area contributed by atoms with E-state index in [1.165, 1.54) is 26.2 Å². The highest BCUT2D eigenvalue weighted by molar-refractivity contribution is 6.33. The Morgan fingerprint density at radius 2 is 1.84 bits per heavy atom. The van der Waals surface area contributed by atoms with Crippen molar-refractivity contribution in [2.24, 2.45) is 0 Å². The van der Waals surface area contributed by atoms with Crippen LogP contribution in [0, 0.1) is 0 Å². The number of para-hydroxylation sites is 1. The van der Waals surface area contributed by atoms with Crippen LogP contribution in [-0.4, -0.2) is 44.5 Å². The summed E-state index contributed by atoms with van der Waals surface area (Å²) in [6, 6.07) is 11.8. The fourth-order valence-electron chi connectivity index (χ4n) is 2.22. The van der Waals surface area contributed by atoms with E-state index in [0.29, 0.717) is 27.8 Å². The average Bonchev–Trinajstić information content (AvgIpc) is 2.62. The number of nitrogens with zero attached hydrogens (tertiary/aromatic N) is 1. The van der Waals surface area contributed by atoms with Gasteiger partial charge in [-0.3, -0.25) is 9.59 Å². The highest BCUT2D eigenvalue weighted by atomic mass is 35.5. The average molecular weight is 363 g/mol. The van der Waals surface area contributed by atoms with Crippen LogP contribution in [0.5, 0.6) is 11.5 Å². The quantitative estimate of drug-likeness (QED) is 0.857. The fourth-order valence-corrected chi connectivity index (χ4v) is 2.40. The van der Waals surface area contributed by atoms with E-state index in [0.717, 1.165) is 0 Å². The van der Waals surface area contributed by atoms with Crippen LogP contribution in [0.15, 0.2) is 42.5 Å². The maximum absolute atomic E-state index is 12.6. The molecule has 132 valence electrons. The number of hydrogen-bond acceptors (Lipinski definition) is 4. The summed E-state index contributed by atoms with van der Waals surface area (Å²) in [5, 5.41) is 3.11. The molecule has 2 rings (SSSR count). The van der Waals surface area contributed by atoms with Crippen molar-refractivity contribution in [3.05, 3.63) is 53.1 Å². The van der Waals surface area contributed by atoms with Gasteiger partial charge in [-0.25, -0.2) is 0 Å². The van der Waals surface area contributed by atoms with Crippen molar-refractivity contribution in [1.29, 1.82) is 0 Å². The van der Waals surface area contributed by atoms with Gasteiger partial charge in [0.05, 0.1) is 37.0 Å². The second kappa shape index (κ2) is 8.39. The van der Waals surface area contributed by atoms with Crippen LogP contribution in [0.1, 0.15) is 10.4 Å². The molecule has 0 heterocycles. The lowest BCUT2D eigenvalue weighted by molar-refractivity contribution is -0.116. The molecule has 0 atom stereocenters. The van der Waals surface area contributed by atoms with Crippen molar-refractivity contribution in [1.82, 2.24) is 4.90 Å². The molecule has 0 aliphatic carbocycles. The second-order valence-electron chi connectivity index (χ2n) is 5.26. The number of halogens is 1. The van der Waals surface area contributed by atoms with Gasteiger partial charge in [0.1, 0.15) is 11.5 Å². The molecule has 0 aromatic heterocycles. The third kappa shape index (κ3) is 4.64. The lowest BCUT2D eigenvalue weighted by Crippen LogP contribution is -2.35. The number of benzene rings is 2. The number of rotatable bonds is 6. The Morgan fingerprint density at radius 1 is 1.12 bits per heavy atom. The first-order chi connectivity index (χ1) is 12.0. The number of likely N-dealkylation sites (N-methyl/N-ethyl adjacent to an activating group) is 1. The van der Waals surface area contributed by atoms with Crippen LogP contribution >= 0.6 is 11.6 Å². The molecule has 0 bridgehead atoms. The number of carbonyl (C=O) groups is 2. The molecule has 0 aliphatic heterocycles. The Kier molecular flexibility index (Phi) is 6.25. The number of amides is 2. The first-order valence-corrected chi connectivity index (χ1v) is 7.86. The van der Waals surface area contributed by atoms with Crippen molar-refractivity contribution >= 4 is 29.1 Å². The largest absolute Gasteiger partial charge is 0.497 e. The van der Waals surface area contributed by atoms with E-state index in [1.807, 2.05) is 0 Å². The van der Waals surface area contributed by atoms with Gasteiger partial charge >= 0.3 is 0 Å². The molecular weight excluding hydrogens is 344 g/mol. The van der Waals surface area contributed by atoms with E-state index in [4.69, 9.17) is 21.1 Å². The first kappa shape index (κ1) is 18.6. The van der Waals surface area contributed by atoms with Gasteiger partial charge < -0.3 is 19.7 Å². The van der Waals surface area contributed by atoms with E-state index in [9.17, 15) is 9.59 Å². The van der Waals surface area contributed by atoms with Crippen molar-refractivity contribution < 1.29 is 19.1 Å². The second-order valence-corrected chi connectivity index (χ2v) is 5.66. The standard InChI is InChI=1S/C18H19ClN2O4/c1-21(11-17(22)20-15-7-5-4-6-14(15)19)18(23)13-9-8-12(24-2)10-16(13)25-3/h4-10H,11H2,1-3H3,(H,20,22). The molecule has 0 radical (unpaired) electrons. The SMILES string of the molecule is COc1ccc(C(=O)N(C)CC(=O)Nc2ccccc2Cl)c(OC)c1.